The van der Waals surface area contributed by atoms with E-state index in [0.717, 1.165) is 16.1 Å². The maximum Gasteiger partial charge on any atom is 0.274 e. The Morgan fingerprint density at radius 3 is 3.00 bits per heavy atom. The standard InChI is InChI=1S/C12H13N3OS/c1-8-3-5-17-12(8)15-11(16)10-6-9(7-13)2-4-14-10/h2-6H,7,13H2,1H3,(H,15,16). The van der Waals surface area contributed by atoms with Gasteiger partial charge in [0, 0.05) is 12.7 Å². The van der Waals surface area contributed by atoms with Crippen LogP contribution in [-0.4, -0.2) is 10.9 Å². The Bertz CT molecular complexity index is 536. The highest BCUT2D eigenvalue weighted by Gasteiger charge is 2.10. The van der Waals surface area contributed by atoms with Crippen molar-refractivity contribution in [1.29, 1.82) is 0 Å². The summed E-state index contributed by atoms with van der Waals surface area (Å²) in [5.74, 6) is -0.203. The first-order valence-electron chi connectivity index (χ1n) is 5.21. The summed E-state index contributed by atoms with van der Waals surface area (Å²) in [6.07, 6.45) is 1.60. The van der Waals surface area contributed by atoms with Gasteiger partial charge in [-0.3, -0.25) is 9.78 Å². The third-order valence-corrected chi connectivity index (χ3v) is 3.31. The number of carbonyl (C=O) groups excluding carboxylic acids is 1. The van der Waals surface area contributed by atoms with Gasteiger partial charge in [-0.1, -0.05) is 0 Å². The largest absolute Gasteiger partial charge is 0.326 e. The fourth-order valence-corrected chi connectivity index (χ4v) is 2.21. The highest BCUT2D eigenvalue weighted by molar-refractivity contribution is 7.14. The topological polar surface area (TPSA) is 68.0 Å². The molecule has 0 aliphatic heterocycles. The molecule has 0 spiro atoms. The van der Waals surface area contributed by atoms with E-state index in [1.807, 2.05) is 18.4 Å². The van der Waals surface area contributed by atoms with Crippen LogP contribution in [0.4, 0.5) is 5.00 Å². The molecule has 0 bridgehead atoms. The first-order chi connectivity index (χ1) is 8.20. The first kappa shape index (κ1) is 11.8. The van der Waals surface area contributed by atoms with E-state index in [0.29, 0.717) is 12.2 Å². The molecular formula is C12H13N3OS. The van der Waals surface area contributed by atoms with Crippen LogP contribution in [-0.2, 0) is 6.54 Å². The molecule has 2 aromatic heterocycles. The zero-order valence-corrected chi connectivity index (χ0v) is 10.3. The second kappa shape index (κ2) is 5.07. The number of thiophene rings is 1. The normalized spacial score (nSPS) is 10.2. The van der Waals surface area contributed by atoms with Crippen molar-refractivity contribution in [2.24, 2.45) is 5.73 Å². The van der Waals surface area contributed by atoms with E-state index in [9.17, 15) is 4.79 Å². The Labute approximate surface area is 103 Å². The highest BCUT2D eigenvalue weighted by atomic mass is 32.1. The number of aryl methyl sites for hydroxylation is 1. The summed E-state index contributed by atoms with van der Waals surface area (Å²) in [6.45, 7) is 2.36. The quantitative estimate of drug-likeness (QED) is 0.873. The predicted octanol–water partition coefficient (Wildman–Crippen LogP) is 2.16. The summed E-state index contributed by atoms with van der Waals surface area (Å²) in [5, 5.41) is 5.63. The molecule has 0 aliphatic rings. The highest BCUT2D eigenvalue weighted by Crippen LogP contribution is 2.22. The summed E-state index contributed by atoms with van der Waals surface area (Å²) >= 11 is 1.50. The van der Waals surface area contributed by atoms with Crippen molar-refractivity contribution < 1.29 is 4.79 Å². The van der Waals surface area contributed by atoms with E-state index in [4.69, 9.17) is 5.73 Å². The van der Waals surface area contributed by atoms with Gasteiger partial charge in [0.2, 0.25) is 0 Å². The van der Waals surface area contributed by atoms with Crippen molar-refractivity contribution in [2.45, 2.75) is 13.5 Å². The van der Waals surface area contributed by atoms with Gasteiger partial charge in [0.05, 0.1) is 5.00 Å². The lowest BCUT2D eigenvalue weighted by molar-refractivity contribution is 0.102. The molecule has 0 atom stereocenters. The number of nitrogens with two attached hydrogens (primary N) is 1. The van der Waals surface area contributed by atoms with E-state index < -0.39 is 0 Å². The van der Waals surface area contributed by atoms with Crippen LogP contribution < -0.4 is 11.1 Å². The zero-order chi connectivity index (χ0) is 12.3. The number of rotatable bonds is 3. The molecule has 88 valence electrons. The monoisotopic (exact) mass is 247 g/mol. The molecule has 0 unspecified atom stereocenters. The molecule has 4 nitrogen and oxygen atoms in total. The van der Waals surface area contributed by atoms with Gasteiger partial charge in [0.15, 0.2) is 0 Å². The zero-order valence-electron chi connectivity index (χ0n) is 9.43. The smallest absolute Gasteiger partial charge is 0.274 e. The molecule has 0 fully saturated rings. The molecule has 5 heteroatoms. The summed E-state index contributed by atoms with van der Waals surface area (Å²) in [5.41, 5.74) is 7.86. The molecule has 0 aromatic carbocycles. The lowest BCUT2D eigenvalue weighted by atomic mass is 10.2. The molecule has 2 aromatic rings. The lowest BCUT2D eigenvalue weighted by Gasteiger charge is -2.04. The fraction of sp³-hybridized carbons (Fsp3) is 0.167. The van der Waals surface area contributed by atoms with Gasteiger partial charge in [-0.25, -0.2) is 0 Å². The molecule has 1 amide bonds. The minimum Gasteiger partial charge on any atom is -0.326 e. The molecule has 0 saturated carbocycles. The number of hydrogen-bond donors (Lipinski definition) is 2. The van der Waals surface area contributed by atoms with Gasteiger partial charge in [-0.2, -0.15) is 0 Å². The number of nitrogens with zero attached hydrogens (tertiary/aromatic N) is 1. The van der Waals surface area contributed by atoms with Crippen LogP contribution in [0.3, 0.4) is 0 Å². The molecule has 0 aliphatic carbocycles. The van der Waals surface area contributed by atoms with Crippen molar-refractivity contribution in [1.82, 2.24) is 4.98 Å². The number of hydrogen-bond acceptors (Lipinski definition) is 4. The molecule has 0 radical (unpaired) electrons. The van der Waals surface area contributed by atoms with E-state index in [2.05, 4.69) is 10.3 Å². The van der Waals surface area contributed by atoms with Crippen LogP contribution in [0.5, 0.6) is 0 Å². The summed E-state index contributed by atoms with van der Waals surface area (Å²) in [7, 11) is 0. The fourth-order valence-electron chi connectivity index (χ4n) is 1.39. The summed E-state index contributed by atoms with van der Waals surface area (Å²) in [6, 6.07) is 5.47. The summed E-state index contributed by atoms with van der Waals surface area (Å²) < 4.78 is 0. The third kappa shape index (κ3) is 2.69. The van der Waals surface area contributed by atoms with Crippen LogP contribution in [0.15, 0.2) is 29.8 Å². The van der Waals surface area contributed by atoms with Crippen LogP contribution >= 0.6 is 11.3 Å². The van der Waals surface area contributed by atoms with Gasteiger partial charge in [0.1, 0.15) is 5.69 Å². The summed E-state index contributed by atoms with van der Waals surface area (Å²) in [4.78, 5) is 16.0. The first-order valence-corrected chi connectivity index (χ1v) is 6.09. The van der Waals surface area contributed by atoms with Gasteiger partial charge in [-0.05, 0) is 41.6 Å². The SMILES string of the molecule is Cc1ccsc1NC(=O)c1cc(CN)ccn1. The van der Waals surface area contributed by atoms with E-state index in [1.165, 1.54) is 11.3 Å². The third-order valence-electron chi connectivity index (χ3n) is 2.38. The van der Waals surface area contributed by atoms with Gasteiger partial charge < -0.3 is 11.1 Å². The van der Waals surface area contributed by atoms with Crippen LogP contribution in [0, 0.1) is 6.92 Å². The number of carbonyl (C=O) groups is 1. The van der Waals surface area contributed by atoms with E-state index >= 15 is 0 Å². The molecule has 3 N–H and O–H groups in total. The number of nitrogens with one attached hydrogen (secondary N) is 1. The van der Waals surface area contributed by atoms with E-state index in [-0.39, 0.29) is 5.91 Å². The Morgan fingerprint density at radius 2 is 2.35 bits per heavy atom. The van der Waals surface area contributed by atoms with Gasteiger partial charge >= 0.3 is 0 Å². The predicted molar refractivity (Wildman–Crippen MR) is 69.1 cm³/mol. The van der Waals surface area contributed by atoms with Gasteiger partial charge in [0.25, 0.3) is 5.91 Å². The van der Waals surface area contributed by atoms with Crippen molar-refractivity contribution in [2.75, 3.05) is 5.32 Å². The van der Waals surface area contributed by atoms with Crippen molar-refractivity contribution >= 4 is 22.2 Å². The molecule has 2 rings (SSSR count). The number of aromatic nitrogens is 1. The second-order valence-corrected chi connectivity index (χ2v) is 4.56. The average molecular weight is 247 g/mol. The van der Waals surface area contributed by atoms with Crippen LogP contribution in [0.1, 0.15) is 21.6 Å². The Balaban J connectivity index is 2.17. The second-order valence-electron chi connectivity index (χ2n) is 3.64. The molecule has 0 saturated heterocycles. The Hall–Kier alpha value is -1.72. The van der Waals surface area contributed by atoms with Crippen molar-refractivity contribution in [3.8, 4) is 0 Å². The number of pyridine rings is 1. The minimum absolute atomic E-state index is 0.203. The molecule has 17 heavy (non-hydrogen) atoms. The van der Waals surface area contributed by atoms with E-state index in [1.54, 1.807) is 18.3 Å². The van der Waals surface area contributed by atoms with Crippen molar-refractivity contribution in [3.63, 3.8) is 0 Å². The Kier molecular flexibility index (Phi) is 3.51. The molecule has 2 heterocycles. The maximum absolute atomic E-state index is 11.9. The lowest BCUT2D eigenvalue weighted by Crippen LogP contribution is -2.14. The van der Waals surface area contributed by atoms with Crippen LogP contribution in [0.2, 0.25) is 0 Å². The van der Waals surface area contributed by atoms with Crippen LogP contribution in [0.25, 0.3) is 0 Å². The molecular weight excluding hydrogens is 234 g/mol. The maximum atomic E-state index is 11.9. The van der Waals surface area contributed by atoms with Gasteiger partial charge in [-0.15, -0.1) is 11.3 Å². The minimum atomic E-state index is -0.203. The Morgan fingerprint density at radius 1 is 1.53 bits per heavy atom. The number of amides is 1. The number of anilines is 1. The van der Waals surface area contributed by atoms with Crippen molar-refractivity contribution in [3.05, 3.63) is 46.6 Å². The average Bonchev–Trinajstić information content (AvgIpc) is 2.75.